The Morgan fingerprint density at radius 1 is 0.320 bits per heavy atom. The molecule has 5 rings (SSSR count). The van der Waals surface area contributed by atoms with Crippen molar-refractivity contribution in [1.82, 2.24) is 0 Å². The fourth-order valence-electron chi connectivity index (χ4n) is 13.9. The first-order valence-corrected chi connectivity index (χ1v) is 21.8. The van der Waals surface area contributed by atoms with Gasteiger partial charge in [-0.05, 0) is 177 Å². The molecule has 0 bridgehead atoms. The number of rotatable bonds is 8. The van der Waals surface area contributed by atoms with Crippen molar-refractivity contribution in [3.63, 3.8) is 0 Å². The van der Waals surface area contributed by atoms with Gasteiger partial charge in [-0.15, -0.1) is 0 Å². The molecule has 50 heavy (non-hydrogen) atoms. The van der Waals surface area contributed by atoms with Crippen LogP contribution in [0.1, 0.15) is 140 Å². The summed E-state index contributed by atoms with van der Waals surface area (Å²) in [4.78, 5) is 0. The maximum Gasteiger partial charge on any atom is 0.0599 e. The highest BCUT2D eigenvalue weighted by molar-refractivity contribution is 4.99. The molecule has 5 N–H and O–H groups in total. The van der Waals surface area contributed by atoms with E-state index in [0.717, 1.165) is 64.2 Å². The van der Waals surface area contributed by atoms with Crippen molar-refractivity contribution in [2.75, 3.05) is 0 Å². The third-order valence-electron chi connectivity index (χ3n) is 17.8. The van der Waals surface area contributed by atoms with Gasteiger partial charge in [0.2, 0.25) is 0 Å². The van der Waals surface area contributed by atoms with Crippen LogP contribution in [-0.2, 0) is 0 Å². The molecule has 0 heterocycles. The van der Waals surface area contributed by atoms with Crippen LogP contribution in [0.3, 0.4) is 0 Å². The van der Waals surface area contributed by atoms with Crippen LogP contribution in [0.5, 0.6) is 0 Å². The third-order valence-corrected chi connectivity index (χ3v) is 17.8. The van der Waals surface area contributed by atoms with E-state index in [1.807, 2.05) is 0 Å². The van der Waals surface area contributed by atoms with Gasteiger partial charge >= 0.3 is 0 Å². The van der Waals surface area contributed by atoms with Gasteiger partial charge in [0.1, 0.15) is 0 Å². The van der Waals surface area contributed by atoms with E-state index in [2.05, 4.69) is 76.2 Å². The highest BCUT2D eigenvalue weighted by Crippen LogP contribution is 2.53. The molecular formula is C45H82O5. The monoisotopic (exact) mass is 703 g/mol. The Balaban J connectivity index is 1.27. The Morgan fingerprint density at radius 3 is 1.02 bits per heavy atom. The summed E-state index contributed by atoms with van der Waals surface area (Å²) in [6, 6.07) is 0. The van der Waals surface area contributed by atoms with E-state index in [-0.39, 0.29) is 48.3 Å². The summed E-state index contributed by atoms with van der Waals surface area (Å²) in [5, 5.41) is 57.2. The van der Waals surface area contributed by atoms with E-state index in [1.54, 1.807) is 0 Å². The van der Waals surface area contributed by atoms with Crippen molar-refractivity contribution >= 4 is 0 Å². The second kappa shape index (κ2) is 16.7. The molecule has 0 radical (unpaired) electrons. The Morgan fingerprint density at radius 2 is 0.640 bits per heavy atom. The molecule has 5 fully saturated rings. The standard InChI is InChI=1S/C45H82O5/c1-22-12-33(18-37-24(3)16-41(46)29(8)26(37)5)44(49)35(14-22)20-39-28(7)31(10)43(48)40(32(39)11)21-36-15-23(2)13-34(45(36)50)19-38-25(4)17-42(47)30(9)27(38)6/h22-50H,12-21H2,1-11H3. The normalized spacial score (nSPS) is 56.6. The minimum Gasteiger partial charge on any atom is -0.393 e. The van der Waals surface area contributed by atoms with Crippen molar-refractivity contribution in [3.05, 3.63) is 0 Å². The van der Waals surface area contributed by atoms with Crippen molar-refractivity contribution < 1.29 is 25.5 Å². The van der Waals surface area contributed by atoms with Gasteiger partial charge in [-0.1, -0.05) is 76.2 Å². The van der Waals surface area contributed by atoms with Crippen molar-refractivity contribution in [3.8, 4) is 0 Å². The van der Waals surface area contributed by atoms with Crippen LogP contribution in [0, 0.1) is 112 Å². The zero-order chi connectivity index (χ0) is 36.9. The summed E-state index contributed by atoms with van der Waals surface area (Å²) in [6.07, 6.45) is 8.78. The maximum absolute atomic E-state index is 12.1. The number of hydrogen-bond donors (Lipinski definition) is 5. The Bertz CT molecular complexity index is 986. The number of aliphatic hydroxyl groups excluding tert-OH is 5. The highest BCUT2D eigenvalue weighted by atomic mass is 16.3. The highest BCUT2D eigenvalue weighted by Gasteiger charge is 2.50. The van der Waals surface area contributed by atoms with Crippen LogP contribution in [0.4, 0.5) is 0 Å². The molecule has 5 aliphatic rings. The lowest BCUT2D eigenvalue weighted by molar-refractivity contribution is -0.108. The van der Waals surface area contributed by atoms with Gasteiger partial charge in [-0.2, -0.15) is 0 Å². The first kappa shape index (κ1) is 41.0. The number of hydrogen-bond acceptors (Lipinski definition) is 5. The molecule has 24 unspecified atom stereocenters. The molecule has 0 aromatic rings. The molecule has 5 aliphatic carbocycles. The molecule has 5 nitrogen and oxygen atoms in total. The average molecular weight is 703 g/mol. The molecule has 0 aromatic carbocycles. The van der Waals surface area contributed by atoms with Gasteiger partial charge in [0.25, 0.3) is 0 Å². The SMILES string of the molecule is CC1CC(CC2C(C)CC(O)C(C)C2C)C(O)C(CC2C(C)C(C)C(O)C(CC3CC(C)CC(CC4C(C)CC(O)C(C)C4C)C3O)C2C)C1. The van der Waals surface area contributed by atoms with Crippen LogP contribution >= 0.6 is 0 Å². The predicted molar refractivity (Wildman–Crippen MR) is 205 cm³/mol. The lowest BCUT2D eigenvalue weighted by atomic mass is 9.55. The summed E-state index contributed by atoms with van der Waals surface area (Å²) in [5.41, 5.74) is 0. The van der Waals surface area contributed by atoms with Crippen LogP contribution < -0.4 is 0 Å². The minimum atomic E-state index is -0.352. The number of aliphatic hydroxyl groups is 5. The smallest absolute Gasteiger partial charge is 0.0599 e. The second-order valence-electron chi connectivity index (χ2n) is 20.8. The maximum atomic E-state index is 12.1. The summed E-state index contributed by atoms with van der Waals surface area (Å²) in [5.74, 6) is 7.51. The molecule has 5 saturated carbocycles. The van der Waals surface area contributed by atoms with Gasteiger partial charge in [-0.3, -0.25) is 0 Å². The van der Waals surface area contributed by atoms with Gasteiger partial charge in [-0.25, -0.2) is 0 Å². The van der Waals surface area contributed by atoms with Crippen molar-refractivity contribution in [1.29, 1.82) is 0 Å². The molecule has 0 aliphatic heterocycles. The fraction of sp³-hybridized carbons (Fsp3) is 1.00. The van der Waals surface area contributed by atoms with E-state index in [4.69, 9.17) is 0 Å². The summed E-state index contributed by atoms with van der Waals surface area (Å²) in [7, 11) is 0. The zero-order valence-corrected chi connectivity index (χ0v) is 34.2. The summed E-state index contributed by atoms with van der Waals surface area (Å²) < 4.78 is 0. The molecular weight excluding hydrogens is 620 g/mol. The van der Waals surface area contributed by atoms with Crippen molar-refractivity contribution in [2.45, 2.75) is 171 Å². The lowest BCUT2D eigenvalue weighted by Gasteiger charge is -2.52. The molecule has 5 heteroatoms. The van der Waals surface area contributed by atoms with Gasteiger partial charge in [0, 0.05) is 0 Å². The molecule has 292 valence electrons. The van der Waals surface area contributed by atoms with Crippen LogP contribution in [0.2, 0.25) is 0 Å². The first-order valence-electron chi connectivity index (χ1n) is 21.8. The van der Waals surface area contributed by atoms with E-state index in [1.165, 1.54) is 0 Å². The average Bonchev–Trinajstić information content (AvgIpc) is 3.05. The van der Waals surface area contributed by atoms with Crippen LogP contribution in [-0.4, -0.2) is 56.1 Å². The molecule has 0 amide bonds. The Hall–Kier alpha value is -0.200. The van der Waals surface area contributed by atoms with Gasteiger partial charge < -0.3 is 25.5 Å². The minimum absolute atomic E-state index is 0.172. The van der Waals surface area contributed by atoms with Crippen molar-refractivity contribution in [2.24, 2.45) is 112 Å². The third kappa shape index (κ3) is 8.38. The van der Waals surface area contributed by atoms with E-state index in [0.29, 0.717) is 94.7 Å². The molecule has 0 saturated heterocycles. The topological polar surface area (TPSA) is 101 Å². The molecule has 0 spiro atoms. The largest absolute Gasteiger partial charge is 0.393 e. The van der Waals surface area contributed by atoms with E-state index in [9.17, 15) is 25.5 Å². The van der Waals surface area contributed by atoms with Gasteiger partial charge in [0.05, 0.1) is 30.5 Å². The van der Waals surface area contributed by atoms with Crippen LogP contribution in [0.15, 0.2) is 0 Å². The zero-order valence-electron chi connectivity index (χ0n) is 34.2. The fourth-order valence-corrected chi connectivity index (χ4v) is 13.9. The summed E-state index contributed by atoms with van der Waals surface area (Å²) >= 11 is 0. The Kier molecular flexibility index (Phi) is 13.7. The molecule has 0 aromatic heterocycles. The lowest BCUT2D eigenvalue weighted by Crippen LogP contribution is -2.50. The van der Waals surface area contributed by atoms with Gasteiger partial charge in [0.15, 0.2) is 0 Å². The van der Waals surface area contributed by atoms with Crippen LogP contribution in [0.25, 0.3) is 0 Å². The molecule has 24 atom stereocenters. The second-order valence-corrected chi connectivity index (χ2v) is 20.8. The van der Waals surface area contributed by atoms with E-state index >= 15 is 0 Å². The van der Waals surface area contributed by atoms with E-state index < -0.39 is 0 Å². The predicted octanol–water partition coefficient (Wildman–Crippen LogP) is 8.69. The Labute approximate surface area is 308 Å². The summed E-state index contributed by atoms with van der Waals surface area (Å²) in [6.45, 7) is 25.5. The quantitative estimate of drug-likeness (QED) is 0.174. The first-order chi connectivity index (χ1) is 23.4.